The van der Waals surface area contributed by atoms with Crippen LogP contribution in [0.25, 0.3) is 0 Å². The number of esters is 1. The second kappa shape index (κ2) is 9.78. The number of rotatable bonds is 7. The molecule has 0 atom stereocenters. The molecule has 0 aromatic carbocycles. The minimum atomic E-state index is -0.236. The Balaban J connectivity index is 3.26. The highest BCUT2D eigenvalue weighted by atomic mass is 16.5. The van der Waals surface area contributed by atoms with Gasteiger partial charge in [-0.15, -0.1) is 6.58 Å². The van der Waals surface area contributed by atoms with Gasteiger partial charge >= 0.3 is 5.97 Å². The van der Waals surface area contributed by atoms with Crippen molar-refractivity contribution in [2.45, 2.75) is 26.2 Å². The zero-order valence-corrected chi connectivity index (χ0v) is 8.74. The van der Waals surface area contributed by atoms with Crippen LogP contribution in [0.2, 0.25) is 0 Å². The number of carbonyl (C=O) groups is 1. The number of hydrogen-bond acceptors (Lipinski definition) is 2. The Hall–Kier alpha value is -1.31. The molecule has 14 heavy (non-hydrogen) atoms. The molecular weight excluding hydrogens is 176 g/mol. The van der Waals surface area contributed by atoms with E-state index in [9.17, 15) is 4.79 Å². The van der Waals surface area contributed by atoms with Crippen LogP contribution in [-0.4, -0.2) is 12.6 Å². The molecule has 0 N–H and O–H groups in total. The molecule has 0 saturated heterocycles. The second-order valence-electron chi connectivity index (χ2n) is 2.85. The van der Waals surface area contributed by atoms with Gasteiger partial charge in [0.1, 0.15) is 6.61 Å². The maximum absolute atomic E-state index is 10.4. The lowest BCUT2D eigenvalue weighted by Gasteiger charge is -1.93. The summed E-state index contributed by atoms with van der Waals surface area (Å²) in [6, 6.07) is 0. The third-order valence-electron chi connectivity index (χ3n) is 1.52. The van der Waals surface area contributed by atoms with Gasteiger partial charge in [-0.2, -0.15) is 0 Å². The molecule has 2 nitrogen and oxygen atoms in total. The molecule has 0 fully saturated rings. The predicted octanol–water partition coefficient (Wildman–Crippen LogP) is 3.02. The molecule has 0 rings (SSSR count). The zero-order valence-electron chi connectivity index (χ0n) is 8.74. The number of hydrogen-bond donors (Lipinski definition) is 0. The average Bonchev–Trinajstić information content (AvgIpc) is 2.15. The van der Waals surface area contributed by atoms with Crippen LogP contribution >= 0.6 is 0 Å². The van der Waals surface area contributed by atoms with Crippen LogP contribution in [0.1, 0.15) is 26.2 Å². The zero-order chi connectivity index (χ0) is 10.6. The van der Waals surface area contributed by atoms with Crippen LogP contribution in [-0.2, 0) is 9.53 Å². The third-order valence-corrected chi connectivity index (χ3v) is 1.52. The van der Waals surface area contributed by atoms with Gasteiger partial charge in [-0.25, -0.2) is 0 Å². The normalized spacial score (nSPS) is 10.9. The Labute approximate surface area is 86.0 Å². The molecule has 0 aliphatic heterocycles. The molecule has 2 heteroatoms. The SMILES string of the molecule is C=CC/C=C/CC/C=C/COC(C)=O. The second-order valence-corrected chi connectivity index (χ2v) is 2.85. The highest BCUT2D eigenvalue weighted by Crippen LogP contribution is 1.94. The summed E-state index contributed by atoms with van der Waals surface area (Å²) in [6.45, 7) is 5.41. The van der Waals surface area contributed by atoms with Gasteiger partial charge in [0.2, 0.25) is 0 Å². The van der Waals surface area contributed by atoms with E-state index in [2.05, 4.69) is 18.7 Å². The Kier molecular flexibility index (Phi) is 8.86. The van der Waals surface area contributed by atoms with E-state index in [0.717, 1.165) is 19.3 Å². The van der Waals surface area contributed by atoms with Crippen molar-refractivity contribution < 1.29 is 9.53 Å². The first-order valence-corrected chi connectivity index (χ1v) is 4.81. The third kappa shape index (κ3) is 10.7. The summed E-state index contributed by atoms with van der Waals surface area (Å²) in [5.74, 6) is -0.236. The van der Waals surface area contributed by atoms with Crippen LogP contribution < -0.4 is 0 Å². The fraction of sp³-hybridized carbons (Fsp3) is 0.417. The summed E-state index contributed by atoms with van der Waals surface area (Å²) in [4.78, 5) is 10.4. The number of allylic oxidation sites excluding steroid dienone is 4. The first-order valence-electron chi connectivity index (χ1n) is 4.81. The van der Waals surface area contributed by atoms with Crippen molar-refractivity contribution in [3.63, 3.8) is 0 Å². The van der Waals surface area contributed by atoms with Crippen LogP contribution in [0.4, 0.5) is 0 Å². The van der Waals surface area contributed by atoms with Crippen LogP contribution in [0.15, 0.2) is 37.0 Å². The van der Waals surface area contributed by atoms with Crippen molar-refractivity contribution >= 4 is 5.97 Å². The number of unbranched alkanes of at least 4 members (excludes halogenated alkanes) is 1. The lowest BCUT2D eigenvalue weighted by molar-refractivity contribution is -0.139. The Bertz CT molecular complexity index is 214. The van der Waals surface area contributed by atoms with E-state index >= 15 is 0 Å². The van der Waals surface area contributed by atoms with Crippen LogP contribution in [0, 0.1) is 0 Å². The van der Waals surface area contributed by atoms with E-state index in [-0.39, 0.29) is 5.97 Å². The summed E-state index contributed by atoms with van der Waals surface area (Å²) < 4.78 is 4.73. The quantitative estimate of drug-likeness (QED) is 0.354. The van der Waals surface area contributed by atoms with Gasteiger partial charge in [0, 0.05) is 6.92 Å². The largest absolute Gasteiger partial charge is 0.462 e. The Morgan fingerprint density at radius 2 is 1.86 bits per heavy atom. The van der Waals surface area contributed by atoms with Gasteiger partial charge < -0.3 is 4.74 Å². The summed E-state index contributed by atoms with van der Waals surface area (Å²) in [6.07, 6.45) is 12.9. The fourth-order valence-corrected chi connectivity index (χ4v) is 0.854. The molecule has 0 aliphatic carbocycles. The Morgan fingerprint density at radius 3 is 2.43 bits per heavy atom. The summed E-state index contributed by atoms with van der Waals surface area (Å²) in [5.41, 5.74) is 0. The van der Waals surface area contributed by atoms with Gasteiger partial charge in [-0.1, -0.05) is 30.4 Å². The van der Waals surface area contributed by atoms with E-state index in [1.54, 1.807) is 0 Å². The van der Waals surface area contributed by atoms with Gasteiger partial charge in [-0.05, 0) is 19.3 Å². The van der Waals surface area contributed by atoms with Gasteiger partial charge in [0.25, 0.3) is 0 Å². The lowest BCUT2D eigenvalue weighted by Crippen LogP contribution is -1.97. The molecule has 0 aromatic rings. The van der Waals surface area contributed by atoms with E-state index in [0.29, 0.717) is 6.61 Å². The van der Waals surface area contributed by atoms with Gasteiger partial charge in [-0.3, -0.25) is 4.79 Å². The molecule has 0 heterocycles. The molecule has 0 aromatic heterocycles. The highest BCUT2D eigenvalue weighted by Gasteiger charge is 1.85. The number of ether oxygens (including phenoxy) is 1. The lowest BCUT2D eigenvalue weighted by atomic mass is 10.2. The summed E-state index contributed by atoms with van der Waals surface area (Å²) in [5, 5.41) is 0. The van der Waals surface area contributed by atoms with Crippen molar-refractivity contribution in [1.82, 2.24) is 0 Å². The molecule has 0 spiro atoms. The van der Waals surface area contributed by atoms with E-state index in [4.69, 9.17) is 4.74 Å². The van der Waals surface area contributed by atoms with E-state index in [1.165, 1.54) is 6.92 Å². The van der Waals surface area contributed by atoms with Crippen molar-refractivity contribution in [3.8, 4) is 0 Å². The topological polar surface area (TPSA) is 26.3 Å². The average molecular weight is 194 g/mol. The Morgan fingerprint density at radius 1 is 1.21 bits per heavy atom. The monoisotopic (exact) mass is 194 g/mol. The predicted molar refractivity (Wildman–Crippen MR) is 59.0 cm³/mol. The van der Waals surface area contributed by atoms with Crippen LogP contribution in [0.5, 0.6) is 0 Å². The molecule has 0 saturated carbocycles. The molecular formula is C12H18O2. The highest BCUT2D eigenvalue weighted by molar-refractivity contribution is 5.65. The molecule has 0 aliphatic rings. The maximum Gasteiger partial charge on any atom is 0.302 e. The first-order chi connectivity index (χ1) is 6.77. The van der Waals surface area contributed by atoms with E-state index in [1.807, 2.05) is 18.2 Å². The van der Waals surface area contributed by atoms with Crippen molar-refractivity contribution in [1.29, 1.82) is 0 Å². The molecule has 0 bridgehead atoms. The minimum absolute atomic E-state index is 0.236. The minimum Gasteiger partial charge on any atom is -0.462 e. The first kappa shape index (κ1) is 12.7. The van der Waals surface area contributed by atoms with Gasteiger partial charge in [0.15, 0.2) is 0 Å². The van der Waals surface area contributed by atoms with E-state index < -0.39 is 0 Å². The van der Waals surface area contributed by atoms with Crippen molar-refractivity contribution in [2.75, 3.05) is 6.61 Å². The summed E-state index contributed by atoms with van der Waals surface area (Å²) >= 11 is 0. The fourth-order valence-electron chi connectivity index (χ4n) is 0.854. The molecule has 0 unspecified atom stereocenters. The smallest absolute Gasteiger partial charge is 0.302 e. The molecule has 0 radical (unpaired) electrons. The van der Waals surface area contributed by atoms with Gasteiger partial charge in [0.05, 0.1) is 0 Å². The summed E-state index contributed by atoms with van der Waals surface area (Å²) in [7, 11) is 0. The van der Waals surface area contributed by atoms with Crippen LogP contribution in [0.3, 0.4) is 0 Å². The van der Waals surface area contributed by atoms with Crippen molar-refractivity contribution in [3.05, 3.63) is 37.0 Å². The molecule has 0 amide bonds. The van der Waals surface area contributed by atoms with Crippen molar-refractivity contribution in [2.24, 2.45) is 0 Å². The standard InChI is InChI=1S/C12H18O2/c1-3-4-5-6-7-8-9-10-11-14-12(2)13/h3,5-6,9-10H,1,4,7-8,11H2,2H3/b6-5+,10-9+. The molecule has 78 valence electrons. The maximum atomic E-state index is 10.4. The number of carbonyl (C=O) groups excluding carboxylic acids is 1.